The Hall–Kier alpha value is -0.0200. The lowest BCUT2D eigenvalue weighted by Gasteiger charge is -2.37. The van der Waals surface area contributed by atoms with Gasteiger partial charge in [-0.3, -0.25) is 9.69 Å². The summed E-state index contributed by atoms with van der Waals surface area (Å²) < 4.78 is 0. The van der Waals surface area contributed by atoms with Gasteiger partial charge in [-0.2, -0.15) is 0 Å². The maximum atomic E-state index is 12.7. The third-order valence-electron chi connectivity index (χ3n) is 4.11. The molecule has 0 amide bonds. The van der Waals surface area contributed by atoms with Crippen molar-refractivity contribution in [1.29, 1.82) is 0 Å². The molecule has 1 saturated heterocycles. The van der Waals surface area contributed by atoms with Crippen LogP contribution in [0.25, 0.3) is 0 Å². The fourth-order valence-corrected chi connectivity index (χ4v) is 5.19. The number of nitrogens with zero attached hydrogens (tertiary/aromatic N) is 1. The average molecular weight is 273 g/mol. The Morgan fingerprint density at radius 2 is 1.72 bits per heavy atom. The second kappa shape index (κ2) is 5.16. The molecule has 0 aromatic rings. The van der Waals surface area contributed by atoms with E-state index in [2.05, 4.69) is 59.0 Å². The SMILES string of the molecule is CC(C)C(C)C(=O)[C@@H]1CS(C)(C)CN1C(C)(C)C. The van der Waals surface area contributed by atoms with E-state index in [1.54, 1.807) is 0 Å². The molecule has 1 heterocycles. The van der Waals surface area contributed by atoms with Crippen molar-refractivity contribution >= 4 is 15.8 Å². The van der Waals surface area contributed by atoms with Crippen LogP contribution in [0.15, 0.2) is 0 Å². The highest BCUT2D eigenvalue weighted by molar-refractivity contribution is 8.32. The Morgan fingerprint density at radius 1 is 1.22 bits per heavy atom. The molecular formula is C15H31NOS. The lowest BCUT2D eigenvalue weighted by atomic mass is 9.88. The van der Waals surface area contributed by atoms with Gasteiger partial charge in [0, 0.05) is 23.1 Å². The van der Waals surface area contributed by atoms with Gasteiger partial charge in [0.1, 0.15) is 0 Å². The van der Waals surface area contributed by atoms with Crippen LogP contribution in [-0.4, -0.2) is 46.4 Å². The van der Waals surface area contributed by atoms with Gasteiger partial charge in [-0.1, -0.05) is 20.8 Å². The minimum Gasteiger partial charge on any atom is -0.298 e. The van der Waals surface area contributed by atoms with Gasteiger partial charge in [-0.05, 0) is 39.2 Å². The van der Waals surface area contributed by atoms with Crippen LogP contribution >= 0.6 is 10.0 Å². The number of carbonyl (C=O) groups excluding carboxylic acids is 1. The van der Waals surface area contributed by atoms with Crippen LogP contribution in [0.5, 0.6) is 0 Å². The topological polar surface area (TPSA) is 20.3 Å². The zero-order valence-corrected chi connectivity index (χ0v) is 14.2. The molecule has 3 heteroatoms. The van der Waals surface area contributed by atoms with Gasteiger partial charge >= 0.3 is 0 Å². The van der Waals surface area contributed by atoms with Crippen molar-refractivity contribution in [2.45, 2.75) is 53.1 Å². The number of Topliss-reactive ketones (excluding diaryl/α,β-unsaturated/α-hetero) is 1. The van der Waals surface area contributed by atoms with E-state index in [1.807, 2.05) is 0 Å². The maximum Gasteiger partial charge on any atom is 0.153 e. The number of rotatable bonds is 3. The molecule has 1 aliphatic heterocycles. The van der Waals surface area contributed by atoms with Gasteiger partial charge in [-0.25, -0.2) is 10.0 Å². The number of hydrogen-bond acceptors (Lipinski definition) is 2. The highest BCUT2D eigenvalue weighted by atomic mass is 32.3. The molecule has 0 aliphatic carbocycles. The Kier molecular flexibility index (Phi) is 4.60. The second-order valence-electron chi connectivity index (χ2n) is 7.65. The van der Waals surface area contributed by atoms with E-state index in [-0.39, 0.29) is 17.5 Å². The van der Waals surface area contributed by atoms with Gasteiger partial charge in [0.25, 0.3) is 0 Å². The van der Waals surface area contributed by atoms with Gasteiger partial charge in [0.05, 0.1) is 6.04 Å². The normalized spacial score (nSPS) is 28.4. The van der Waals surface area contributed by atoms with E-state index in [0.29, 0.717) is 11.7 Å². The van der Waals surface area contributed by atoms with E-state index in [1.165, 1.54) is 0 Å². The first-order chi connectivity index (χ1) is 7.96. The molecule has 2 atom stereocenters. The van der Waals surface area contributed by atoms with Crippen molar-refractivity contribution in [2.24, 2.45) is 11.8 Å². The first kappa shape index (κ1) is 16.0. The molecule has 0 aromatic heterocycles. The highest BCUT2D eigenvalue weighted by Crippen LogP contribution is 2.50. The second-order valence-corrected chi connectivity index (χ2v) is 11.8. The Morgan fingerprint density at radius 3 is 2.11 bits per heavy atom. The molecular weight excluding hydrogens is 242 g/mol. The van der Waals surface area contributed by atoms with Crippen molar-refractivity contribution in [3.63, 3.8) is 0 Å². The third kappa shape index (κ3) is 3.51. The molecule has 0 spiro atoms. The molecule has 1 fully saturated rings. The van der Waals surface area contributed by atoms with E-state index in [9.17, 15) is 4.79 Å². The quantitative estimate of drug-likeness (QED) is 0.786. The molecule has 1 unspecified atom stereocenters. The molecule has 0 radical (unpaired) electrons. The Balaban J connectivity index is 2.95. The highest BCUT2D eigenvalue weighted by Gasteiger charge is 2.44. The summed E-state index contributed by atoms with van der Waals surface area (Å²) in [5.74, 6) is 3.27. The smallest absolute Gasteiger partial charge is 0.153 e. The monoisotopic (exact) mass is 273 g/mol. The van der Waals surface area contributed by atoms with Crippen LogP contribution in [0.3, 0.4) is 0 Å². The van der Waals surface area contributed by atoms with Crippen LogP contribution in [0.2, 0.25) is 0 Å². The van der Waals surface area contributed by atoms with Gasteiger partial charge in [0.2, 0.25) is 0 Å². The summed E-state index contributed by atoms with van der Waals surface area (Å²) in [6.07, 6.45) is 4.72. The molecule has 0 N–H and O–H groups in total. The average Bonchev–Trinajstić information content (AvgIpc) is 2.51. The minimum atomic E-state index is -0.627. The summed E-state index contributed by atoms with van der Waals surface area (Å²) in [4.78, 5) is 15.2. The van der Waals surface area contributed by atoms with E-state index >= 15 is 0 Å². The van der Waals surface area contributed by atoms with Crippen molar-refractivity contribution in [1.82, 2.24) is 4.90 Å². The van der Waals surface area contributed by atoms with Crippen LogP contribution in [-0.2, 0) is 4.79 Å². The van der Waals surface area contributed by atoms with E-state index < -0.39 is 10.0 Å². The summed E-state index contributed by atoms with van der Waals surface area (Å²) in [6.45, 7) is 13.1. The molecule has 0 bridgehead atoms. The predicted octanol–water partition coefficient (Wildman–Crippen LogP) is 3.35. The Labute approximate surface area is 115 Å². The first-order valence-corrected chi connectivity index (χ1v) is 9.73. The summed E-state index contributed by atoms with van der Waals surface area (Å²) >= 11 is 0. The lowest BCUT2D eigenvalue weighted by molar-refractivity contribution is -0.129. The summed E-state index contributed by atoms with van der Waals surface area (Å²) in [7, 11) is -0.627. The largest absolute Gasteiger partial charge is 0.298 e. The van der Waals surface area contributed by atoms with Crippen LogP contribution in [0, 0.1) is 11.8 Å². The zero-order valence-electron chi connectivity index (χ0n) is 13.4. The molecule has 18 heavy (non-hydrogen) atoms. The maximum absolute atomic E-state index is 12.7. The van der Waals surface area contributed by atoms with E-state index in [0.717, 1.165) is 11.6 Å². The number of ketones is 1. The van der Waals surface area contributed by atoms with Crippen molar-refractivity contribution in [3.05, 3.63) is 0 Å². The lowest BCUT2D eigenvalue weighted by Crippen LogP contribution is -2.50. The van der Waals surface area contributed by atoms with Crippen molar-refractivity contribution in [2.75, 3.05) is 24.1 Å². The molecule has 0 aromatic carbocycles. The van der Waals surface area contributed by atoms with Crippen LogP contribution < -0.4 is 0 Å². The molecule has 0 saturated carbocycles. The predicted molar refractivity (Wildman–Crippen MR) is 83.6 cm³/mol. The molecule has 108 valence electrons. The molecule has 1 rings (SSSR count). The fraction of sp³-hybridized carbons (Fsp3) is 0.933. The summed E-state index contributed by atoms with van der Waals surface area (Å²) in [5, 5.41) is 0. The van der Waals surface area contributed by atoms with Crippen LogP contribution in [0.1, 0.15) is 41.5 Å². The minimum absolute atomic E-state index is 0.0950. The van der Waals surface area contributed by atoms with Crippen LogP contribution in [0.4, 0.5) is 0 Å². The van der Waals surface area contributed by atoms with Crippen molar-refractivity contribution < 1.29 is 4.79 Å². The number of hydrogen-bond donors (Lipinski definition) is 0. The molecule has 2 nitrogen and oxygen atoms in total. The summed E-state index contributed by atoms with van der Waals surface area (Å²) in [5.41, 5.74) is 0.0950. The van der Waals surface area contributed by atoms with Crippen molar-refractivity contribution in [3.8, 4) is 0 Å². The molecule has 1 aliphatic rings. The first-order valence-electron chi connectivity index (χ1n) is 6.95. The zero-order chi connectivity index (χ0) is 14.3. The summed E-state index contributed by atoms with van der Waals surface area (Å²) in [6, 6.07) is 0.146. The fourth-order valence-electron chi connectivity index (χ4n) is 2.57. The van der Waals surface area contributed by atoms with E-state index in [4.69, 9.17) is 0 Å². The standard InChI is InChI=1S/C15H31NOS/c1-11(2)12(3)14(17)13-9-18(7,8)10-16(13)15(4,5)6/h11-13H,9-10H2,1-8H3/t12?,13-/m0/s1. The number of carbonyl (C=O) groups is 1. The Bertz CT molecular complexity index is 317. The van der Waals surface area contributed by atoms with Gasteiger partial charge < -0.3 is 0 Å². The van der Waals surface area contributed by atoms with Gasteiger partial charge in [-0.15, -0.1) is 0 Å². The third-order valence-corrected chi connectivity index (χ3v) is 6.31. The van der Waals surface area contributed by atoms with Gasteiger partial charge in [0.15, 0.2) is 5.78 Å².